The first kappa shape index (κ1) is 38.4. The van der Waals surface area contributed by atoms with E-state index in [2.05, 4.69) is 246 Å². The summed E-state index contributed by atoms with van der Waals surface area (Å²) in [5.74, 6) is 0. The maximum absolute atomic E-state index is 4.42. The number of nitrogens with zero attached hydrogens (tertiary/aromatic N) is 2. The predicted octanol–water partition coefficient (Wildman–Crippen LogP) is 15.3. The van der Waals surface area contributed by atoms with Gasteiger partial charge in [0.1, 0.15) is 0 Å². The molecule has 0 unspecified atom stereocenters. The van der Waals surface area contributed by atoms with Gasteiger partial charge in [-0.1, -0.05) is 141 Å². The minimum atomic E-state index is -2.00. The first-order chi connectivity index (χ1) is 27.6. The minimum Gasteiger partial charge on any atom is -0.367 e. The lowest BCUT2D eigenvalue weighted by Crippen LogP contribution is -2.41. The molecule has 0 fully saturated rings. The fourth-order valence-corrected chi connectivity index (χ4v) is 16.5. The van der Waals surface area contributed by atoms with E-state index < -0.39 is 20.1 Å². The summed E-state index contributed by atoms with van der Waals surface area (Å²) < 4.78 is 0. The third-order valence-electron chi connectivity index (χ3n) is 10.2. The highest BCUT2D eigenvalue weighted by molar-refractivity contribution is 8.40. The molecule has 0 amide bonds. The van der Waals surface area contributed by atoms with E-state index in [1.54, 1.807) is 0 Å². The lowest BCUT2D eigenvalue weighted by atomic mass is 9.96. The van der Waals surface area contributed by atoms with Gasteiger partial charge in [0.25, 0.3) is 0 Å². The summed E-state index contributed by atoms with van der Waals surface area (Å²) in [5, 5.41) is 0. The molecule has 2 aliphatic heterocycles. The largest absolute Gasteiger partial charge is 0.401 e. The van der Waals surface area contributed by atoms with Gasteiger partial charge in [0.15, 0.2) is 0 Å². The van der Waals surface area contributed by atoms with Crippen LogP contribution in [0.2, 0.25) is 0 Å². The van der Waals surface area contributed by atoms with Gasteiger partial charge in [-0.25, -0.2) is 0 Å². The van der Waals surface area contributed by atoms with Gasteiger partial charge in [0.2, 0.25) is 0 Å². The molecule has 2 aliphatic rings. The van der Waals surface area contributed by atoms with Crippen molar-refractivity contribution < 1.29 is 0 Å². The lowest BCUT2D eigenvalue weighted by molar-refractivity contribution is 1.15. The molecule has 277 valence electrons. The van der Waals surface area contributed by atoms with Crippen molar-refractivity contribution in [2.75, 3.05) is 9.62 Å². The van der Waals surface area contributed by atoms with Crippen molar-refractivity contribution in [1.82, 2.24) is 0 Å². The molecule has 0 spiro atoms. The normalized spacial score (nSPS) is 17.1. The SMILES string of the molecule is C=C/C=C\C(=C/C)S1(/C(C=C)=C/C=C\C)c2ccccc2N([B]N2c3ccccc3S(C(/C=C\C)=C/C=C)(c3ccccc3)c3ccccc32)c2ccccc21. The number of fused-ring (bicyclic) bond motifs is 4. The average Bonchev–Trinajstić information content (AvgIpc) is 3.25. The highest BCUT2D eigenvalue weighted by Gasteiger charge is 2.46. The first-order valence-electron chi connectivity index (χ1n) is 19.0. The van der Waals surface area contributed by atoms with Crippen molar-refractivity contribution in [1.29, 1.82) is 0 Å². The van der Waals surface area contributed by atoms with Crippen molar-refractivity contribution in [2.24, 2.45) is 0 Å². The van der Waals surface area contributed by atoms with Crippen LogP contribution in [0, 0.1) is 0 Å². The molecular weight excluding hydrogens is 716 g/mol. The summed E-state index contributed by atoms with van der Waals surface area (Å²) in [6.45, 7) is 18.9. The van der Waals surface area contributed by atoms with Gasteiger partial charge >= 0.3 is 7.55 Å². The predicted molar refractivity (Wildman–Crippen MR) is 248 cm³/mol. The second-order valence-electron chi connectivity index (χ2n) is 13.2. The Hall–Kier alpha value is -5.88. The van der Waals surface area contributed by atoms with Gasteiger partial charge in [-0.3, -0.25) is 0 Å². The Morgan fingerprint density at radius 3 is 1.46 bits per heavy atom. The van der Waals surface area contributed by atoms with Gasteiger partial charge in [-0.15, -0.1) is 20.1 Å². The Labute approximate surface area is 338 Å². The molecule has 0 N–H and O–H groups in total. The van der Waals surface area contributed by atoms with Crippen molar-refractivity contribution >= 4 is 50.4 Å². The Morgan fingerprint density at radius 1 is 0.500 bits per heavy atom. The molecule has 5 aromatic carbocycles. The van der Waals surface area contributed by atoms with Gasteiger partial charge in [-0.05, 0) is 105 Å². The molecule has 0 saturated carbocycles. The number of anilines is 4. The number of hydrogen-bond acceptors (Lipinski definition) is 2. The Bertz CT molecular complexity index is 2370. The van der Waals surface area contributed by atoms with E-state index in [9.17, 15) is 0 Å². The number of para-hydroxylation sites is 4. The zero-order chi connectivity index (χ0) is 39.1. The summed E-state index contributed by atoms with van der Waals surface area (Å²) in [7, 11) is -1.62. The molecular formula is C51H48BN2S2. The molecule has 0 aliphatic carbocycles. The quantitative estimate of drug-likeness (QED) is 0.0922. The van der Waals surface area contributed by atoms with E-state index in [1.165, 1.54) is 39.2 Å². The second kappa shape index (κ2) is 16.9. The molecule has 5 heteroatoms. The van der Waals surface area contributed by atoms with E-state index in [0.29, 0.717) is 0 Å². The Kier molecular flexibility index (Phi) is 11.6. The average molecular weight is 764 g/mol. The molecule has 0 atom stereocenters. The molecule has 56 heavy (non-hydrogen) atoms. The topological polar surface area (TPSA) is 6.48 Å². The molecule has 0 aromatic heterocycles. The van der Waals surface area contributed by atoms with Crippen LogP contribution in [0.5, 0.6) is 0 Å². The molecule has 5 aromatic rings. The van der Waals surface area contributed by atoms with E-state index in [4.69, 9.17) is 0 Å². The van der Waals surface area contributed by atoms with E-state index in [-0.39, 0.29) is 0 Å². The first-order valence-corrected chi connectivity index (χ1v) is 22.2. The van der Waals surface area contributed by atoms with Crippen LogP contribution in [-0.4, -0.2) is 7.55 Å². The highest BCUT2D eigenvalue weighted by Crippen LogP contribution is 2.81. The van der Waals surface area contributed by atoms with Crippen LogP contribution < -0.4 is 9.62 Å². The van der Waals surface area contributed by atoms with Crippen LogP contribution in [0.25, 0.3) is 0 Å². The third-order valence-corrected chi connectivity index (χ3v) is 18.2. The van der Waals surface area contributed by atoms with Crippen LogP contribution in [0.15, 0.2) is 259 Å². The number of hydrogen-bond donors (Lipinski definition) is 0. The fourth-order valence-electron chi connectivity index (χ4n) is 8.00. The van der Waals surface area contributed by atoms with E-state index >= 15 is 0 Å². The van der Waals surface area contributed by atoms with Gasteiger partial charge in [0.05, 0.1) is 0 Å². The number of allylic oxidation sites excluding steroid dienone is 12. The Balaban J connectivity index is 1.53. The molecule has 0 bridgehead atoms. The van der Waals surface area contributed by atoms with Crippen molar-refractivity contribution in [3.05, 3.63) is 235 Å². The zero-order valence-electron chi connectivity index (χ0n) is 32.5. The molecule has 1 radical (unpaired) electrons. The summed E-state index contributed by atoms with van der Waals surface area (Å²) >= 11 is 0. The maximum Gasteiger partial charge on any atom is 0.401 e. The smallest absolute Gasteiger partial charge is 0.367 e. The number of benzene rings is 5. The van der Waals surface area contributed by atoms with E-state index in [0.717, 1.165) is 22.7 Å². The van der Waals surface area contributed by atoms with Crippen LogP contribution >= 0.6 is 20.1 Å². The van der Waals surface area contributed by atoms with Gasteiger partial charge in [0, 0.05) is 57.0 Å². The summed E-state index contributed by atoms with van der Waals surface area (Å²) in [6.07, 6.45) is 25.5. The molecule has 2 heterocycles. The molecule has 7 rings (SSSR count). The minimum absolute atomic E-state index is 1.13. The van der Waals surface area contributed by atoms with Gasteiger partial charge in [-0.2, -0.15) is 0 Å². The van der Waals surface area contributed by atoms with Gasteiger partial charge < -0.3 is 9.62 Å². The van der Waals surface area contributed by atoms with Crippen LogP contribution in [0.1, 0.15) is 20.8 Å². The number of rotatable bonds is 12. The molecule has 0 saturated heterocycles. The van der Waals surface area contributed by atoms with Crippen molar-refractivity contribution in [3.8, 4) is 0 Å². The standard InChI is InChI=1S/C51H48BN2S2/c1-7-13-28-40(11-5)55(41(12-6)29-14-8-2)48-36-22-18-32-44(48)53(45-33-19-23-37-49(45)55)52-54-46-34-20-24-38-50(46)56(42(26-9-3)27-10-4,43-30-16-15-17-31-43)51-39-25-21-35-47(51)54/h7-39H,1,3,6H2,2,4-5H3/b14-8-,27-10-,28-13-,40-11+,41-29+,42-26+. The van der Waals surface area contributed by atoms with Crippen LogP contribution in [0.3, 0.4) is 0 Å². The van der Waals surface area contributed by atoms with Crippen LogP contribution in [-0.2, 0) is 0 Å². The fraction of sp³-hybridized carbons (Fsp3) is 0.0588. The summed E-state index contributed by atoms with van der Waals surface area (Å²) in [5.41, 5.74) is 4.55. The summed E-state index contributed by atoms with van der Waals surface area (Å²) in [6, 6.07) is 46.7. The second-order valence-corrected chi connectivity index (χ2v) is 19.2. The lowest BCUT2D eigenvalue weighted by Gasteiger charge is -2.53. The monoisotopic (exact) mass is 763 g/mol. The zero-order valence-corrected chi connectivity index (χ0v) is 34.1. The molecule has 2 nitrogen and oxygen atoms in total. The third kappa shape index (κ3) is 6.12. The Morgan fingerprint density at radius 2 is 1.00 bits per heavy atom. The van der Waals surface area contributed by atoms with Crippen molar-refractivity contribution in [3.63, 3.8) is 0 Å². The van der Waals surface area contributed by atoms with Crippen LogP contribution in [0.4, 0.5) is 22.7 Å². The van der Waals surface area contributed by atoms with Crippen molar-refractivity contribution in [2.45, 2.75) is 45.2 Å². The summed E-state index contributed by atoms with van der Waals surface area (Å²) in [4.78, 5) is 14.8. The maximum atomic E-state index is 4.42. The van der Waals surface area contributed by atoms with E-state index in [1.807, 2.05) is 12.2 Å². The highest BCUT2D eigenvalue weighted by atomic mass is 32.3.